The van der Waals surface area contributed by atoms with Crippen molar-refractivity contribution in [2.75, 3.05) is 0 Å². The van der Waals surface area contributed by atoms with E-state index in [4.69, 9.17) is 5.73 Å². The minimum atomic E-state index is -0.325. The van der Waals surface area contributed by atoms with Crippen molar-refractivity contribution < 1.29 is 4.39 Å². The average molecular weight is 177 g/mol. The van der Waals surface area contributed by atoms with Crippen LogP contribution in [0, 0.1) is 17.7 Å². The SMILES string of the molecule is CC#CCC(N)c1ccccc1F. The van der Waals surface area contributed by atoms with Gasteiger partial charge in [0.2, 0.25) is 0 Å². The Morgan fingerprint density at radius 1 is 1.46 bits per heavy atom. The lowest BCUT2D eigenvalue weighted by atomic mass is 10.0. The van der Waals surface area contributed by atoms with Crippen LogP contribution in [0.1, 0.15) is 24.9 Å². The number of nitrogens with two attached hydrogens (primary N) is 1. The first-order valence-corrected chi connectivity index (χ1v) is 4.15. The quantitative estimate of drug-likeness (QED) is 0.689. The molecule has 13 heavy (non-hydrogen) atoms. The highest BCUT2D eigenvalue weighted by Gasteiger charge is 2.08. The van der Waals surface area contributed by atoms with Gasteiger partial charge in [-0.25, -0.2) is 4.39 Å². The van der Waals surface area contributed by atoms with E-state index in [1.54, 1.807) is 25.1 Å². The summed E-state index contributed by atoms with van der Waals surface area (Å²) in [6.07, 6.45) is 0.497. The fourth-order valence-corrected chi connectivity index (χ4v) is 1.10. The van der Waals surface area contributed by atoms with Gasteiger partial charge in [0.1, 0.15) is 5.82 Å². The van der Waals surface area contributed by atoms with Crippen LogP contribution in [0.15, 0.2) is 24.3 Å². The molecule has 2 heteroatoms. The standard InChI is InChI=1S/C11H12FN/c1-2-3-8-11(13)9-6-4-5-7-10(9)12/h4-7,11H,8,13H2,1H3. The number of rotatable bonds is 2. The van der Waals surface area contributed by atoms with E-state index in [-0.39, 0.29) is 11.9 Å². The summed E-state index contributed by atoms with van der Waals surface area (Å²) in [6, 6.07) is 6.20. The molecule has 2 N–H and O–H groups in total. The van der Waals surface area contributed by atoms with Crippen LogP contribution in [0.25, 0.3) is 0 Å². The highest BCUT2D eigenvalue weighted by atomic mass is 19.1. The van der Waals surface area contributed by atoms with Crippen molar-refractivity contribution in [2.45, 2.75) is 19.4 Å². The maximum absolute atomic E-state index is 13.1. The van der Waals surface area contributed by atoms with Gasteiger partial charge in [-0.3, -0.25) is 0 Å². The third-order valence-electron chi connectivity index (χ3n) is 1.80. The Bertz CT molecular complexity index is 335. The second-order valence-electron chi connectivity index (χ2n) is 2.76. The predicted octanol–water partition coefficient (Wildman–Crippen LogP) is 2.24. The average Bonchev–Trinajstić information content (AvgIpc) is 2.15. The van der Waals surface area contributed by atoms with Gasteiger partial charge in [0.05, 0.1) is 0 Å². The van der Waals surface area contributed by atoms with Gasteiger partial charge in [-0.2, -0.15) is 0 Å². The maximum Gasteiger partial charge on any atom is 0.128 e. The van der Waals surface area contributed by atoms with Crippen LogP contribution in [0.4, 0.5) is 4.39 Å². The van der Waals surface area contributed by atoms with Crippen molar-refractivity contribution in [1.82, 2.24) is 0 Å². The van der Waals surface area contributed by atoms with Crippen LogP contribution in [0.3, 0.4) is 0 Å². The molecule has 0 fully saturated rings. The highest BCUT2D eigenvalue weighted by Crippen LogP contribution is 2.16. The van der Waals surface area contributed by atoms with Gasteiger partial charge < -0.3 is 5.73 Å². The zero-order valence-electron chi connectivity index (χ0n) is 7.55. The summed E-state index contributed by atoms with van der Waals surface area (Å²) in [7, 11) is 0. The summed E-state index contributed by atoms with van der Waals surface area (Å²) >= 11 is 0. The predicted molar refractivity (Wildman–Crippen MR) is 51.4 cm³/mol. The van der Waals surface area contributed by atoms with Gasteiger partial charge in [0.15, 0.2) is 0 Å². The number of halogens is 1. The first kappa shape index (κ1) is 9.76. The molecular weight excluding hydrogens is 165 g/mol. The first-order valence-electron chi connectivity index (χ1n) is 4.15. The van der Waals surface area contributed by atoms with Crippen molar-refractivity contribution in [3.05, 3.63) is 35.6 Å². The summed E-state index contributed by atoms with van der Waals surface area (Å²) in [5.41, 5.74) is 6.27. The third-order valence-corrected chi connectivity index (χ3v) is 1.80. The summed E-state index contributed by atoms with van der Waals surface area (Å²) in [5, 5.41) is 0. The topological polar surface area (TPSA) is 26.0 Å². The molecular formula is C11H12FN. The van der Waals surface area contributed by atoms with Gasteiger partial charge in [0.25, 0.3) is 0 Å². The molecule has 68 valence electrons. The molecule has 0 aliphatic rings. The molecule has 0 aromatic heterocycles. The monoisotopic (exact) mass is 177 g/mol. The number of hydrogen-bond acceptors (Lipinski definition) is 1. The lowest BCUT2D eigenvalue weighted by Gasteiger charge is -2.08. The Labute approximate surface area is 77.8 Å². The molecule has 1 nitrogen and oxygen atoms in total. The summed E-state index contributed by atoms with van der Waals surface area (Å²) in [6.45, 7) is 1.74. The normalized spacial score (nSPS) is 11.6. The molecule has 0 amide bonds. The molecule has 0 spiro atoms. The van der Waals surface area contributed by atoms with Gasteiger partial charge in [-0.05, 0) is 13.0 Å². The lowest BCUT2D eigenvalue weighted by molar-refractivity contribution is 0.585. The van der Waals surface area contributed by atoms with Gasteiger partial charge >= 0.3 is 0 Å². The van der Waals surface area contributed by atoms with Crippen LogP contribution in [-0.4, -0.2) is 0 Å². The van der Waals surface area contributed by atoms with Gasteiger partial charge in [-0.15, -0.1) is 11.8 Å². The van der Waals surface area contributed by atoms with Crippen molar-refractivity contribution in [3.63, 3.8) is 0 Å². The van der Waals surface area contributed by atoms with Crippen molar-refractivity contribution in [1.29, 1.82) is 0 Å². The third kappa shape index (κ3) is 2.57. The fourth-order valence-electron chi connectivity index (χ4n) is 1.10. The van der Waals surface area contributed by atoms with Gasteiger partial charge in [-0.1, -0.05) is 18.2 Å². The molecule has 0 radical (unpaired) electrons. The first-order chi connectivity index (χ1) is 6.25. The molecule has 1 unspecified atom stereocenters. The lowest BCUT2D eigenvalue weighted by Crippen LogP contribution is -2.10. The highest BCUT2D eigenvalue weighted by molar-refractivity contribution is 5.22. The Morgan fingerprint density at radius 2 is 2.15 bits per heavy atom. The minimum Gasteiger partial charge on any atom is -0.323 e. The van der Waals surface area contributed by atoms with E-state index in [1.165, 1.54) is 6.07 Å². The Morgan fingerprint density at radius 3 is 2.77 bits per heavy atom. The maximum atomic E-state index is 13.1. The van der Waals surface area contributed by atoms with Crippen LogP contribution >= 0.6 is 0 Å². The smallest absolute Gasteiger partial charge is 0.128 e. The molecule has 0 bridgehead atoms. The Kier molecular flexibility index (Phi) is 3.48. The van der Waals surface area contributed by atoms with Crippen molar-refractivity contribution >= 4 is 0 Å². The zero-order valence-corrected chi connectivity index (χ0v) is 7.55. The van der Waals surface area contributed by atoms with E-state index < -0.39 is 0 Å². The largest absolute Gasteiger partial charge is 0.323 e. The van der Waals surface area contributed by atoms with E-state index >= 15 is 0 Å². The molecule has 1 rings (SSSR count). The molecule has 0 heterocycles. The van der Waals surface area contributed by atoms with Crippen molar-refractivity contribution in [2.24, 2.45) is 5.73 Å². The van der Waals surface area contributed by atoms with Crippen LogP contribution in [0.2, 0.25) is 0 Å². The molecule has 0 saturated heterocycles. The summed E-state index contributed by atoms with van der Waals surface area (Å²) < 4.78 is 13.1. The molecule has 0 aliphatic carbocycles. The van der Waals surface area contributed by atoms with E-state index in [0.29, 0.717) is 12.0 Å². The number of hydrogen-bond donors (Lipinski definition) is 1. The minimum absolute atomic E-state index is 0.257. The summed E-state index contributed by atoms with van der Waals surface area (Å²) in [5.74, 6) is 5.31. The zero-order chi connectivity index (χ0) is 9.68. The molecule has 1 atom stereocenters. The molecule has 0 saturated carbocycles. The second kappa shape index (κ2) is 4.64. The Hall–Kier alpha value is -1.33. The Balaban J connectivity index is 2.80. The van der Waals surface area contributed by atoms with E-state index in [9.17, 15) is 4.39 Å². The second-order valence-corrected chi connectivity index (χ2v) is 2.76. The van der Waals surface area contributed by atoms with E-state index in [0.717, 1.165) is 0 Å². The van der Waals surface area contributed by atoms with Gasteiger partial charge in [0, 0.05) is 18.0 Å². The van der Waals surface area contributed by atoms with E-state index in [2.05, 4.69) is 11.8 Å². The molecule has 1 aromatic carbocycles. The molecule has 1 aromatic rings. The fraction of sp³-hybridized carbons (Fsp3) is 0.273. The van der Waals surface area contributed by atoms with Crippen LogP contribution in [0.5, 0.6) is 0 Å². The van der Waals surface area contributed by atoms with Crippen LogP contribution < -0.4 is 5.73 Å². The molecule has 0 aliphatic heterocycles. The van der Waals surface area contributed by atoms with Crippen molar-refractivity contribution in [3.8, 4) is 11.8 Å². The van der Waals surface area contributed by atoms with Crippen LogP contribution in [-0.2, 0) is 0 Å². The summed E-state index contributed by atoms with van der Waals surface area (Å²) in [4.78, 5) is 0. The number of benzene rings is 1. The van der Waals surface area contributed by atoms with E-state index in [1.807, 2.05) is 0 Å².